The zero-order chi connectivity index (χ0) is 29.0. The number of nitrogens with zero attached hydrogens (tertiary/aromatic N) is 2. The minimum absolute atomic E-state index is 0.149. The number of para-hydroxylation sites is 1. The van der Waals surface area contributed by atoms with Crippen molar-refractivity contribution in [2.45, 2.75) is 31.2 Å². The standard InChI is InChI=1S/C39H28BBrN2/c1-39(2)33-21-25(42-35-9-5-3-7-29(35)31-19-23(40)11-17-37(31)42)13-15-27(33)28-16-14-26(22-34(28)39)43-36-10-6-4-8-30(36)32-20-24(41)12-18-38(32)43/h3-22,30,36H,1-2H3. The van der Waals surface area contributed by atoms with E-state index in [2.05, 4.69) is 155 Å². The summed E-state index contributed by atoms with van der Waals surface area (Å²) in [6.45, 7) is 4.75. The van der Waals surface area contributed by atoms with E-state index < -0.39 is 0 Å². The van der Waals surface area contributed by atoms with Crippen LogP contribution in [0, 0.1) is 0 Å². The highest BCUT2D eigenvalue weighted by Crippen LogP contribution is 2.53. The van der Waals surface area contributed by atoms with Crippen molar-refractivity contribution >= 4 is 62.4 Å². The first-order valence-electron chi connectivity index (χ1n) is 14.9. The van der Waals surface area contributed by atoms with Crippen LogP contribution in [0.5, 0.6) is 0 Å². The highest BCUT2D eigenvalue weighted by Gasteiger charge is 2.40. The lowest BCUT2D eigenvalue weighted by molar-refractivity contribution is 0.659. The Morgan fingerprint density at radius 1 is 0.698 bits per heavy atom. The number of rotatable bonds is 2. The monoisotopic (exact) mass is 614 g/mol. The van der Waals surface area contributed by atoms with Crippen LogP contribution >= 0.6 is 15.9 Å². The molecule has 0 saturated carbocycles. The molecule has 2 nitrogen and oxygen atoms in total. The first-order chi connectivity index (χ1) is 20.9. The van der Waals surface area contributed by atoms with Gasteiger partial charge in [-0.15, -0.1) is 0 Å². The number of halogens is 1. The van der Waals surface area contributed by atoms with Gasteiger partial charge in [0.05, 0.1) is 17.1 Å². The summed E-state index contributed by atoms with van der Waals surface area (Å²) in [6.07, 6.45) is 9.05. The fraction of sp³-hybridized carbons (Fsp3) is 0.128. The molecule has 204 valence electrons. The van der Waals surface area contributed by atoms with Gasteiger partial charge in [-0.2, -0.15) is 0 Å². The molecule has 2 unspecified atom stereocenters. The summed E-state index contributed by atoms with van der Waals surface area (Å²) < 4.78 is 3.51. The van der Waals surface area contributed by atoms with Gasteiger partial charge in [-0.3, -0.25) is 0 Å². The van der Waals surface area contributed by atoms with E-state index in [4.69, 9.17) is 7.85 Å². The second kappa shape index (κ2) is 8.87. The van der Waals surface area contributed by atoms with Gasteiger partial charge < -0.3 is 9.47 Å². The number of aromatic nitrogens is 1. The molecule has 4 heteroatoms. The molecule has 9 rings (SSSR count). The van der Waals surface area contributed by atoms with Gasteiger partial charge in [0, 0.05) is 43.6 Å². The third-order valence-corrected chi connectivity index (χ3v) is 10.4. The zero-order valence-electron chi connectivity index (χ0n) is 24.1. The molecule has 43 heavy (non-hydrogen) atoms. The molecule has 3 aliphatic rings. The quantitative estimate of drug-likeness (QED) is 0.176. The maximum absolute atomic E-state index is 6.23. The molecule has 1 aromatic heterocycles. The van der Waals surface area contributed by atoms with Crippen LogP contribution in [0.2, 0.25) is 0 Å². The van der Waals surface area contributed by atoms with Crippen molar-refractivity contribution in [1.29, 1.82) is 0 Å². The smallest absolute Gasteiger partial charge is 0.113 e. The lowest BCUT2D eigenvalue weighted by atomic mass is 9.82. The van der Waals surface area contributed by atoms with Gasteiger partial charge in [-0.25, -0.2) is 0 Å². The van der Waals surface area contributed by atoms with Crippen molar-refractivity contribution in [3.8, 4) is 16.8 Å². The van der Waals surface area contributed by atoms with Crippen molar-refractivity contribution in [1.82, 2.24) is 4.57 Å². The Hall–Kier alpha value is -4.28. The summed E-state index contributed by atoms with van der Waals surface area (Å²) in [5, 5.41) is 2.41. The Balaban J connectivity index is 1.18. The predicted octanol–water partition coefficient (Wildman–Crippen LogP) is 9.38. The van der Waals surface area contributed by atoms with Gasteiger partial charge >= 0.3 is 0 Å². The summed E-state index contributed by atoms with van der Waals surface area (Å²) in [5.74, 6) is 0.347. The van der Waals surface area contributed by atoms with Crippen LogP contribution in [0.3, 0.4) is 0 Å². The van der Waals surface area contributed by atoms with Gasteiger partial charge in [-0.1, -0.05) is 102 Å². The first kappa shape index (κ1) is 25.2. The van der Waals surface area contributed by atoms with Crippen LogP contribution in [0.1, 0.15) is 36.5 Å². The molecule has 0 amide bonds. The number of hydrogen-bond donors (Lipinski definition) is 0. The third kappa shape index (κ3) is 3.47. The SMILES string of the molecule is [B]c1ccc2c(c1)c1ccccc1n2-c1ccc2c(c1)C(C)(C)c1cc(N3c4ccc(Br)cc4C4C=CC=CC43)ccc1-2. The summed E-state index contributed by atoms with van der Waals surface area (Å²) >= 11 is 3.71. The lowest BCUT2D eigenvalue weighted by Crippen LogP contribution is -2.28. The molecule has 0 spiro atoms. The van der Waals surface area contributed by atoms with E-state index in [0.717, 1.165) is 9.94 Å². The van der Waals surface area contributed by atoms with Crippen molar-refractivity contribution in [3.63, 3.8) is 0 Å². The van der Waals surface area contributed by atoms with Crippen LogP contribution < -0.4 is 10.4 Å². The molecule has 2 atom stereocenters. The number of allylic oxidation sites excluding steroid dienone is 2. The topological polar surface area (TPSA) is 8.17 Å². The molecule has 2 aliphatic carbocycles. The third-order valence-electron chi connectivity index (χ3n) is 9.89. The minimum atomic E-state index is -0.149. The van der Waals surface area contributed by atoms with E-state index in [1.807, 2.05) is 6.07 Å². The van der Waals surface area contributed by atoms with Gasteiger partial charge in [0.25, 0.3) is 0 Å². The summed E-state index contributed by atoms with van der Waals surface area (Å²) in [6, 6.07) is 36.0. The van der Waals surface area contributed by atoms with Crippen molar-refractivity contribution in [3.05, 3.63) is 143 Å². The van der Waals surface area contributed by atoms with E-state index in [-0.39, 0.29) is 11.5 Å². The van der Waals surface area contributed by atoms with Crippen molar-refractivity contribution in [2.24, 2.45) is 0 Å². The van der Waals surface area contributed by atoms with Gasteiger partial charge in [0.2, 0.25) is 0 Å². The Bertz CT molecular complexity index is 2220. The fourth-order valence-electron chi connectivity index (χ4n) is 7.88. The number of hydrogen-bond acceptors (Lipinski definition) is 1. The minimum Gasteiger partial charge on any atom is -0.333 e. The molecule has 5 aromatic carbocycles. The zero-order valence-corrected chi connectivity index (χ0v) is 25.6. The summed E-state index contributed by atoms with van der Waals surface area (Å²) in [4.78, 5) is 2.53. The molecule has 0 saturated heterocycles. The first-order valence-corrected chi connectivity index (χ1v) is 15.7. The molecule has 6 aromatic rings. The number of anilines is 2. The molecule has 0 bridgehead atoms. The van der Waals surface area contributed by atoms with Crippen LogP contribution in [-0.2, 0) is 5.41 Å². The predicted molar refractivity (Wildman–Crippen MR) is 185 cm³/mol. The van der Waals surface area contributed by atoms with E-state index in [1.54, 1.807) is 0 Å². The Morgan fingerprint density at radius 2 is 1.42 bits per heavy atom. The molecule has 1 aliphatic heterocycles. The van der Waals surface area contributed by atoms with Gasteiger partial charge in [-0.05, 0) is 82.4 Å². The van der Waals surface area contributed by atoms with E-state index in [1.165, 1.54) is 66.7 Å². The number of fused-ring (bicyclic) bond motifs is 9. The highest BCUT2D eigenvalue weighted by molar-refractivity contribution is 9.10. The van der Waals surface area contributed by atoms with Crippen LogP contribution in [0.25, 0.3) is 38.6 Å². The molecule has 2 radical (unpaired) electrons. The largest absolute Gasteiger partial charge is 0.333 e. The second-order valence-electron chi connectivity index (χ2n) is 12.6. The highest BCUT2D eigenvalue weighted by atomic mass is 79.9. The van der Waals surface area contributed by atoms with Crippen LogP contribution in [0.15, 0.2) is 126 Å². The molecule has 2 heterocycles. The molecular formula is C39H28BBrN2. The van der Waals surface area contributed by atoms with Gasteiger partial charge in [0.15, 0.2) is 0 Å². The van der Waals surface area contributed by atoms with Crippen molar-refractivity contribution < 1.29 is 0 Å². The maximum Gasteiger partial charge on any atom is 0.113 e. The average molecular weight is 615 g/mol. The van der Waals surface area contributed by atoms with E-state index >= 15 is 0 Å². The Kier molecular flexibility index (Phi) is 5.21. The Morgan fingerprint density at radius 3 is 2.26 bits per heavy atom. The Labute approximate surface area is 261 Å². The van der Waals surface area contributed by atoms with E-state index in [0.29, 0.717) is 5.92 Å². The van der Waals surface area contributed by atoms with Crippen LogP contribution in [-0.4, -0.2) is 18.5 Å². The second-order valence-corrected chi connectivity index (χ2v) is 13.5. The molecule has 0 N–H and O–H groups in total. The van der Waals surface area contributed by atoms with Gasteiger partial charge in [0.1, 0.15) is 7.85 Å². The summed E-state index contributed by atoms with van der Waals surface area (Å²) in [7, 11) is 6.23. The number of benzene rings is 5. The lowest BCUT2D eigenvalue weighted by Gasteiger charge is -2.30. The van der Waals surface area contributed by atoms with E-state index in [9.17, 15) is 0 Å². The fourth-order valence-corrected chi connectivity index (χ4v) is 8.26. The summed E-state index contributed by atoms with van der Waals surface area (Å²) in [5.41, 5.74) is 13.5. The normalized spacial score (nSPS) is 19.1. The van der Waals surface area contributed by atoms with Crippen molar-refractivity contribution in [2.75, 3.05) is 4.90 Å². The maximum atomic E-state index is 6.23. The average Bonchev–Trinajstić information content (AvgIpc) is 3.60. The van der Waals surface area contributed by atoms with Crippen LogP contribution in [0.4, 0.5) is 11.4 Å². The molecular weight excluding hydrogens is 587 g/mol. The molecule has 0 fully saturated rings.